The van der Waals surface area contributed by atoms with Crippen LogP contribution in [-0.4, -0.2) is 4.98 Å². The Balaban J connectivity index is 2.32. The van der Waals surface area contributed by atoms with Gasteiger partial charge in [-0.25, -0.2) is 9.83 Å². The molecule has 0 bridgehead atoms. The third-order valence-electron chi connectivity index (χ3n) is 2.65. The van der Waals surface area contributed by atoms with Crippen molar-refractivity contribution in [1.82, 2.24) is 4.98 Å². The summed E-state index contributed by atoms with van der Waals surface area (Å²) < 4.78 is 6.43. The van der Waals surface area contributed by atoms with Crippen molar-refractivity contribution in [2.24, 2.45) is 0 Å². The molecule has 0 saturated carbocycles. The third kappa shape index (κ3) is 3.33. The van der Waals surface area contributed by atoms with E-state index in [0.29, 0.717) is 17.3 Å². The molecule has 0 aliphatic carbocycles. The number of hydrogen-bond donors (Lipinski definition) is 0. The first-order chi connectivity index (χ1) is 9.10. The number of aromatic nitrogens is 1. The minimum Gasteiger partial charge on any atom is -0.439 e. The molecule has 0 radical (unpaired) electrons. The van der Waals surface area contributed by atoms with Crippen molar-refractivity contribution in [3.63, 3.8) is 0 Å². The van der Waals surface area contributed by atoms with Crippen molar-refractivity contribution >= 4 is 21.6 Å². The van der Waals surface area contributed by atoms with Gasteiger partial charge in [-0.1, -0.05) is 26.0 Å². The van der Waals surface area contributed by atoms with E-state index in [9.17, 15) is 0 Å². The van der Waals surface area contributed by atoms with Gasteiger partial charge in [0.05, 0.1) is 6.57 Å². The molecule has 19 heavy (non-hydrogen) atoms. The first kappa shape index (κ1) is 13.6. The summed E-state index contributed by atoms with van der Waals surface area (Å²) in [5.41, 5.74) is 1.66. The van der Waals surface area contributed by atoms with E-state index in [-0.39, 0.29) is 5.92 Å². The highest BCUT2D eigenvalue weighted by Crippen LogP contribution is 2.32. The molecule has 96 valence electrons. The van der Waals surface area contributed by atoms with Crippen LogP contribution < -0.4 is 4.74 Å². The fourth-order valence-corrected chi connectivity index (χ4v) is 2.05. The Bertz CT molecular complexity index is 632. The highest BCUT2D eigenvalue weighted by atomic mass is 79.9. The summed E-state index contributed by atoms with van der Waals surface area (Å²) in [5, 5.41) is 0. The third-order valence-corrected chi connectivity index (χ3v) is 3.10. The summed E-state index contributed by atoms with van der Waals surface area (Å²) in [4.78, 5) is 7.74. The summed E-state index contributed by atoms with van der Waals surface area (Å²) in [5.74, 6) is 1.50. The maximum absolute atomic E-state index is 7.16. The Kier molecular flexibility index (Phi) is 4.18. The van der Waals surface area contributed by atoms with E-state index in [4.69, 9.17) is 11.3 Å². The number of pyridine rings is 1. The van der Waals surface area contributed by atoms with Crippen LogP contribution in [0.4, 0.5) is 5.69 Å². The maximum Gasteiger partial charge on any atom is 0.220 e. The number of halogens is 1. The maximum atomic E-state index is 7.16. The molecule has 1 aromatic carbocycles. The lowest BCUT2D eigenvalue weighted by atomic mass is 10.0. The molecule has 4 heteroatoms. The molecule has 1 aromatic heterocycles. The van der Waals surface area contributed by atoms with Crippen LogP contribution in [0.1, 0.15) is 25.3 Å². The summed E-state index contributed by atoms with van der Waals surface area (Å²) in [6, 6.07) is 11.0. The number of rotatable bonds is 3. The Hall–Kier alpha value is -1.86. The Morgan fingerprint density at radius 1 is 1.26 bits per heavy atom. The fraction of sp³-hybridized carbons (Fsp3) is 0.200. The first-order valence-corrected chi connectivity index (χ1v) is 6.71. The molecule has 2 rings (SSSR count). The summed E-state index contributed by atoms with van der Waals surface area (Å²) in [6.45, 7) is 11.3. The second-order valence-electron chi connectivity index (χ2n) is 4.39. The van der Waals surface area contributed by atoms with Gasteiger partial charge >= 0.3 is 0 Å². The predicted octanol–water partition coefficient (Wildman–Crippen LogP) is 5.31. The highest BCUT2D eigenvalue weighted by molar-refractivity contribution is 9.10. The van der Waals surface area contributed by atoms with E-state index >= 15 is 0 Å². The van der Waals surface area contributed by atoms with E-state index in [0.717, 1.165) is 10.2 Å². The van der Waals surface area contributed by atoms with Gasteiger partial charge in [0, 0.05) is 6.07 Å². The lowest BCUT2D eigenvalue weighted by Crippen LogP contribution is -1.92. The van der Waals surface area contributed by atoms with Crippen molar-refractivity contribution in [1.29, 1.82) is 0 Å². The lowest BCUT2D eigenvalue weighted by molar-refractivity contribution is 0.461. The predicted molar refractivity (Wildman–Crippen MR) is 78.8 cm³/mol. The molecular weight excluding hydrogens is 304 g/mol. The molecule has 0 spiro atoms. The molecule has 0 amide bonds. The molecule has 0 aliphatic rings. The van der Waals surface area contributed by atoms with E-state index in [2.05, 4.69) is 39.6 Å². The molecule has 0 atom stereocenters. The van der Waals surface area contributed by atoms with Crippen LogP contribution in [-0.2, 0) is 0 Å². The summed E-state index contributed by atoms with van der Waals surface area (Å²) >= 11 is 3.31. The smallest absolute Gasteiger partial charge is 0.220 e. The van der Waals surface area contributed by atoms with E-state index in [1.807, 2.05) is 18.2 Å². The van der Waals surface area contributed by atoms with Gasteiger partial charge in [-0.2, -0.15) is 0 Å². The van der Waals surface area contributed by atoms with Crippen LogP contribution in [0.25, 0.3) is 4.85 Å². The second-order valence-corrected chi connectivity index (χ2v) is 5.20. The zero-order valence-electron chi connectivity index (χ0n) is 10.7. The SMILES string of the molecule is [C-]#[N+]c1ccc(Oc2cccc(Br)n2)cc1C(C)C. The van der Waals surface area contributed by atoms with Crippen LogP contribution in [0.15, 0.2) is 41.0 Å². The molecule has 0 unspecified atom stereocenters. The second kappa shape index (κ2) is 5.85. The van der Waals surface area contributed by atoms with Gasteiger partial charge in [0.15, 0.2) is 5.69 Å². The zero-order chi connectivity index (χ0) is 13.8. The normalized spacial score (nSPS) is 10.3. The van der Waals surface area contributed by atoms with Crippen LogP contribution in [0.5, 0.6) is 11.6 Å². The molecule has 0 aliphatic heterocycles. The number of ether oxygens (including phenoxy) is 1. The topological polar surface area (TPSA) is 26.5 Å². The van der Waals surface area contributed by atoms with Crippen LogP contribution in [0, 0.1) is 6.57 Å². The number of hydrogen-bond acceptors (Lipinski definition) is 2. The van der Waals surface area contributed by atoms with Gasteiger partial charge in [-0.05, 0) is 45.6 Å². The average molecular weight is 317 g/mol. The number of benzene rings is 1. The Labute approximate surface area is 121 Å². The molecule has 0 fully saturated rings. The van der Waals surface area contributed by atoms with Gasteiger partial charge in [0.2, 0.25) is 5.88 Å². The van der Waals surface area contributed by atoms with Crippen molar-refractivity contribution in [3.05, 3.63) is 58.0 Å². The van der Waals surface area contributed by atoms with E-state index in [1.165, 1.54) is 0 Å². The standard InChI is InChI=1S/C15H13BrN2O/c1-10(2)12-9-11(7-8-13(12)17-3)19-15-6-4-5-14(16)18-15/h4-10H,1-2H3. The van der Waals surface area contributed by atoms with Gasteiger partial charge in [0.25, 0.3) is 0 Å². The van der Waals surface area contributed by atoms with Crippen molar-refractivity contribution < 1.29 is 4.74 Å². The summed E-state index contributed by atoms with van der Waals surface area (Å²) in [6.07, 6.45) is 0. The van der Waals surface area contributed by atoms with Crippen molar-refractivity contribution in [2.45, 2.75) is 19.8 Å². The Morgan fingerprint density at radius 3 is 2.68 bits per heavy atom. The monoisotopic (exact) mass is 316 g/mol. The van der Waals surface area contributed by atoms with Crippen molar-refractivity contribution in [3.8, 4) is 11.6 Å². The largest absolute Gasteiger partial charge is 0.439 e. The first-order valence-electron chi connectivity index (χ1n) is 5.92. The van der Waals surface area contributed by atoms with Gasteiger partial charge in [0.1, 0.15) is 10.4 Å². The van der Waals surface area contributed by atoms with Gasteiger partial charge in [-0.3, -0.25) is 0 Å². The summed E-state index contributed by atoms with van der Waals surface area (Å²) in [7, 11) is 0. The van der Waals surface area contributed by atoms with Crippen LogP contribution in [0.3, 0.4) is 0 Å². The fourth-order valence-electron chi connectivity index (χ4n) is 1.73. The molecule has 1 heterocycles. The number of nitrogens with zero attached hydrogens (tertiary/aromatic N) is 2. The Morgan fingerprint density at radius 2 is 2.05 bits per heavy atom. The highest BCUT2D eigenvalue weighted by Gasteiger charge is 2.09. The van der Waals surface area contributed by atoms with Crippen LogP contribution in [0.2, 0.25) is 0 Å². The van der Waals surface area contributed by atoms with Crippen molar-refractivity contribution in [2.75, 3.05) is 0 Å². The van der Waals surface area contributed by atoms with E-state index in [1.54, 1.807) is 18.2 Å². The zero-order valence-corrected chi connectivity index (χ0v) is 12.3. The molecule has 2 aromatic rings. The average Bonchev–Trinajstić information content (AvgIpc) is 2.38. The van der Waals surface area contributed by atoms with Gasteiger partial charge < -0.3 is 4.74 Å². The van der Waals surface area contributed by atoms with Gasteiger partial charge in [-0.15, -0.1) is 0 Å². The minimum absolute atomic E-state index is 0.281. The van der Waals surface area contributed by atoms with Crippen LogP contribution >= 0.6 is 15.9 Å². The minimum atomic E-state index is 0.281. The quantitative estimate of drug-likeness (QED) is 0.566. The molecule has 0 saturated heterocycles. The van der Waals surface area contributed by atoms with E-state index < -0.39 is 0 Å². The lowest BCUT2D eigenvalue weighted by Gasteiger charge is -2.11. The molecule has 0 N–H and O–H groups in total. The molecular formula is C15H13BrN2O. The molecule has 3 nitrogen and oxygen atoms in total.